The van der Waals surface area contributed by atoms with Crippen molar-refractivity contribution in [3.63, 3.8) is 0 Å². The molecule has 0 atom stereocenters. The summed E-state index contributed by atoms with van der Waals surface area (Å²) in [4.78, 5) is 10.2. The van der Waals surface area contributed by atoms with Crippen molar-refractivity contribution in [1.29, 1.82) is 0 Å². The van der Waals surface area contributed by atoms with Crippen molar-refractivity contribution < 1.29 is 9.66 Å². The number of hydrogen-bond acceptors (Lipinski definition) is 6. The summed E-state index contributed by atoms with van der Waals surface area (Å²) in [5.74, 6) is 0.888. The third-order valence-electron chi connectivity index (χ3n) is 2.25. The largest absolute Gasteiger partial charge is 0.496 e. The molecule has 1 aromatic heterocycles. The van der Waals surface area contributed by atoms with Gasteiger partial charge < -0.3 is 4.74 Å². The number of rotatable bonds is 3. The van der Waals surface area contributed by atoms with Crippen molar-refractivity contribution >= 4 is 5.69 Å². The highest BCUT2D eigenvalue weighted by atomic mass is 16.6. The lowest BCUT2D eigenvalue weighted by Gasteiger charge is -2.06. The monoisotopic (exact) mass is 235 g/mol. The molecule has 0 aliphatic carbocycles. The minimum Gasteiger partial charge on any atom is -0.496 e. The summed E-state index contributed by atoms with van der Waals surface area (Å²) in [7, 11) is 3.13. The van der Waals surface area contributed by atoms with Crippen LogP contribution in [0.1, 0.15) is 0 Å². The summed E-state index contributed by atoms with van der Waals surface area (Å²) in [5.41, 5.74) is 0.443. The number of nitro groups is 1. The lowest BCUT2D eigenvalue weighted by Crippen LogP contribution is -1.98. The highest BCUT2D eigenvalue weighted by molar-refractivity contribution is 5.67. The van der Waals surface area contributed by atoms with E-state index in [1.54, 1.807) is 7.05 Å². The van der Waals surface area contributed by atoms with Gasteiger partial charge in [-0.25, -0.2) is 4.68 Å². The van der Waals surface area contributed by atoms with E-state index in [-0.39, 0.29) is 5.69 Å². The van der Waals surface area contributed by atoms with Crippen LogP contribution in [0.2, 0.25) is 0 Å². The Bertz CT molecular complexity index is 566. The van der Waals surface area contributed by atoms with Gasteiger partial charge in [0.15, 0.2) is 5.82 Å². The number of tetrazole rings is 1. The molecule has 0 bridgehead atoms. The minimum atomic E-state index is -0.479. The van der Waals surface area contributed by atoms with E-state index < -0.39 is 4.92 Å². The Hall–Kier alpha value is -2.51. The topological polar surface area (TPSA) is 96.0 Å². The lowest BCUT2D eigenvalue weighted by molar-refractivity contribution is -0.384. The Kier molecular flexibility index (Phi) is 2.69. The van der Waals surface area contributed by atoms with Crippen LogP contribution in [0, 0.1) is 10.1 Å². The molecule has 8 nitrogen and oxygen atoms in total. The summed E-state index contributed by atoms with van der Waals surface area (Å²) < 4.78 is 6.55. The molecule has 0 amide bonds. The number of ether oxygens (including phenoxy) is 1. The third-order valence-corrected chi connectivity index (χ3v) is 2.25. The van der Waals surface area contributed by atoms with E-state index in [9.17, 15) is 10.1 Å². The molecule has 1 heterocycles. The molecular weight excluding hydrogens is 226 g/mol. The molecular formula is C9H9N5O3. The first kappa shape index (κ1) is 11.0. The van der Waals surface area contributed by atoms with E-state index in [4.69, 9.17) is 4.74 Å². The van der Waals surface area contributed by atoms with Crippen molar-refractivity contribution in [1.82, 2.24) is 20.2 Å². The second kappa shape index (κ2) is 4.16. The predicted molar refractivity (Wildman–Crippen MR) is 57.4 cm³/mol. The fraction of sp³-hybridized carbons (Fsp3) is 0.222. The first-order valence-corrected chi connectivity index (χ1v) is 4.68. The Morgan fingerprint density at radius 1 is 1.47 bits per heavy atom. The molecule has 0 fully saturated rings. The molecule has 2 rings (SSSR count). The molecule has 2 aromatic rings. The van der Waals surface area contributed by atoms with E-state index in [2.05, 4.69) is 15.5 Å². The number of hydrogen-bond donors (Lipinski definition) is 0. The zero-order valence-electron chi connectivity index (χ0n) is 9.19. The quantitative estimate of drug-likeness (QED) is 0.576. The number of non-ortho nitro benzene ring substituents is 1. The average molecular weight is 235 g/mol. The van der Waals surface area contributed by atoms with E-state index >= 15 is 0 Å². The molecule has 0 aliphatic heterocycles. The normalized spacial score (nSPS) is 10.2. The molecule has 88 valence electrons. The maximum atomic E-state index is 10.7. The molecule has 0 N–H and O–H groups in total. The zero-order chi connectivity index (χ0) is 12.4. The highest BCUT2D eigenvalue weighted by Gasteiger charge is 2.16. The predicted octanol–water partition coefficient (Wildman–Crippen LogP) is 0.794. The molecule has 0 saturated heterocycles. The SMILES string of the molecule is COc1ccc([N+](=O)[O-])cc1-c1nnnn1C. The lowest BCUT2D eigenvalue weighted by atomic mass is 10.1. The second-order valence-electron chi connectivity index (χ2n) is 3.27. The van der Waals surface area contributed by atoms with Gasteiger partial charge >= 0.3 is 0 Å². The van der Waals surface area contributed by atoms with Gasteiger partial charge in [0.05, 0.1) is 17.6 Å². The average Bonchev–Trinajstić information content (AvgIpc) is 2.74. The van der Waals surface area contributed by atoms with Crippen molar-refractivity contribution in [3.05, 3.63) is 28.3 Å². The molecule has 0 aliphatic rings. The Labute approximate surface area is 96.0 Å². The van der Waals surface area contributed by atoms with E-state index in [1.165, 1.54) is 30.0 Å². The Balaban J connectivity index is 2.61. The van der Waals surface area contributed by atoms with Crippen LogP contribution in [0.3, 0.4) is 0 Å². The van der Waals surface area contributed by atoms with Crippen LogP contribution in [0.15, 0.2) is 18.2 Å². The van der Waals surface area contributed by atoms with Gasteiger partial charge in [0.25, 0.3) is 5.69 Å². The van der Waals surface area contributed by atoms with Gasteiger partial charge in [-0.1, -0.05) is 0 Å². The number of methoxy groups -OCH3 is 1. The van der Waals surface area contributed by atoms with Crippen LogP contribution in [-0.4, -0.2) is 32.2 Å². The summed E-state index contributed by atoms with van der Waals surface area (Å²) in [6.07, 6.45) is 0. The fourth-order valence-corrected chi connectivity index (χ4v) is 1.44. The zero-order valence-corrected chi connectivity index (χ0v) is 9.19. The van der Waals surface area contributed by atoms with Crippen LogP contribution in [0.4, 0.5) is 5.69 Å². The highest BCUT2D eigenvalue weighted by Crippen LogP contribution is 2.31. The molecule has 1 aromatic carbocycles. The van der Waals surface area contributed by atoms with Gasteiger partial charge in [-0.05, 0) is 16.5 Å². The molecule has 0 unspecified atom stereocenters. The molecule has 0 radical (unpaired) electrons. The van der Waals surface area contributed by atoms with Crippen molar-refractivity contribution in [2.75, 3.05) is 7.11 Å². The summed E-state index contributed by atoms with van der Waals surface area (Å²) in [6.45, 7) is 0. The Morgan fingerprint density at radius 3 is 2.76 bits per heavy atom. The molecule has 8 heteroatoms. The van der Waals surface area contributed by atoms with Gasteiger partial charge in [-0.3, -0.25) is 10.1 Å². The maximum absolute atomic E-state index is 10.7. The van der Waals surface area contributed by atoms with Crippen LogP contribution in [0.25, 0.3) is 11.4 Å². The van der Waals surface area contributed by atoms with Gasteiger partial charge in [0, 0.05) is 19.2 Å². The van der Waals surface area contributed by atoms with E-state index in [0.717, 1.165) is 0 Å². The first-order valence-electron chi connectivity index (χ1n) is 4.68. The fourth-order valence-electron chi connectivity index (χ4n) is 1.44. The van der Waals surface area contributed by atoms with Crippen LogP contribution < -0.4 is 4.74 Å². The van der Waals surface area contributed by atoms with E-state index in [0.29, 0.717) is 17.1 Å². The van der Waals surface area contributed by atoms with Gasteiger partial charge in [-0.15, -0.1) is 5.10 Å². The van der Waals surface area contributed by atoms with Crippen molar-refractivity contribution in [3.8, 4) is 17.1 Å². The van der Waals surface area contributed by atoms with Crippen LogP contribution >= 0.6 is 0 Å². The number of nitrogens with zero attached hydrogens (tertiary/aromatic N) is 5. The van der Waals surface area contributed by atoms with E-state index in [1.807, 2.05) is 0 Å². The molecule has 0 spiro atoms. The Morgan fingerprint density at radius 2 is 2.24 bits per heavy atom. The summed E-state index contributed by atoms with van der Waals surface area (Å²) >= 11 is 0. The minimum absolute atomic E-state index is 0.0381. The number of nitro benzene ring substituents is 1. The number of aromatic nitrogens is 4. The van der Waals surface area contributed by atoms with Crippen LogP contribution in [-0.2, 0) is 7.05 Å². The summed E-state index contributed by atoms with van der Waals surface area (Å²) in [5, 5.41) is 21.7. The number of benzene rings is 1. The van der Waals surface area contributed by atoms with Gasteiger partial charge in [0.2, 0.25) is 0 Å². The maximum Gasteiger partial charge on any atom is 0.270 e. The van der Waals surface area contributed by atoms with Crippen LogP contribution in [0.5, 0.6) is 5.75 Å². The number of aryl methyl sites for hydroxylation is 1. The second-order valence-corrected chi connectivity index (χ2v) is 3.27. The van der Waals surface area contributed by atoms with Crippen molar-refractivity contribution in [2.45, 2.75) is 0 Å². The molecule has 17 heavy (non-hydrogen) atoms. The summed E-state index contributed by atoms with van der Waals surface area (Å²) in [6, 6.07) is 4.26. The standard InChI is InChI=1S/C9H9N5O3/c1-13-9(10-11-12-13)7-5-6(14(15)16)3-4-8(7)17-2/h3-5H,1-2H3. The third kappa shape index (κ3) is 1.92. The first-order chi connectivity index (χ1) is 8.13. The molecule has 0 saturated carbocycles. The smallest absolute Gasteiger partial charge is 0.270 e. The van der Waals surface area contributed by atoms with Gasteiger partial charge in [0.1, 0.15) is 5.75 Å². The van der Waals surface area contributed by atoms with Crippen molar-refractivity contribution in [2.24, 2.45) is 7.05 Å². The van der Waals surface area contributed by atoms with Gasteiger partial charge in [-0.2, -0.15) is 0 Å².